The highest BCUT2D eigenvalue weighted by molar-refractivity contribution is 6.32. The molecule has 0 saturated heterocycles. The quantitative estimate of drug-likeness (QED) is 0.848. The van der Waals surface area contributed by atoms with Crippen molar-refractivity contribution >= 4 is 23.2 Å². The third-order valence-electron chi connectivity index (χ3n) is 3.18. The van der Waals surface area contributed by atoms with E-state index < -0.39 is 12.0 Å². The number of rotatable bonds is 6. The Bertz CT molecular complexity index is 479. The second kappa shape index (κ2) is 6.85. The first-order valence-electron chi connectivity index (χ1n) is 6.08. The lowest BCUT2D eigenvalue weighted by molar-refractivity contribution is -0.124. The molecule has 0 aromatic heterocycles. The molecule has 1 amide bonds. The first kappa shape index (κ1) is 16.7. The van der Waals surface area contributed by atoms with E-state index in [4.69, 9.17) is 17.3 Å². The lowest BCUT2D eigenvalue weighted by Gasteiger charge is -2.25. The minimum Gasteiger partial charge on any atom is -0.433 e. The molecule has 112 valence electrons. The Hall–Kier alpha value is -1.40. The summed E-state index contributed by atoms with van der Waals surface area (Å²) in [5, 5.41) is 2.65. The minimum absolute atomic E-state index is 0.00551. The van der Waals surface area contributed by atoms with Gasteiger partial charge in [-0.2, -0.15) is 8.78 Å². The minimum atomic E-state index is -2.95. The van der Waals surface area contributed by atoms with Crippen LogP contribution in [0, 0.1) is 5.41 Å². The number of nitrogens with two attached hydrogens (primary N) is 1. The molecule has 1 unspecified atom stereocenters. The lowest BCUT2D eigenvalue weighted by atomic mass is 9.86. The third-order valence-corrected chi connectivity index (χ3v) is 3.48. The maximum absolute atomic E-state index is 12.1. The predicted octanol–water partition coefficient (Wildman–Crippen LogP) is 3.25. The second-order valence-electron chi connectivity index (χ2n) is 4.60. The van der Waals surface area contributed by atoms with Crippen LogP contribution in [0.4, 0.5) is 14.5 Å². The topological polar surface area (TPSA) is 64.4 Å². The number of ether oxygens (including phenoxy) is 1. The van der Waals surface area contributed by atoms with Crippen LogP contribution in [0.25, 0.3) is 0 Å². The zero-order valence-corrected chi connectivity index (χ0v) is 12.0. The van der Waals surface area contributed by atoms with Gasteiger partial charge in [-0.05, 0) is 31.5 Å². The largest absolute Gasteiger partial charge is 0.433 e. The van der Waals surface area contributed by atoms with E-state index in [0.717, 1.165) is 0 Å². The molecule has 7 heteroatoms. The summed E-state index contributed by atoms with van der Waals surface area (Å²) < 4.78 is 28.4. The summed E-state index contributed by atoms with van der Waals surface area (Å²) in [5.74, 6) is -0.391. The van der Waals surface area contributed by atoms with Crippen molar-refractivity contribution in [2.75, 3.05) is 11.9 Å². The summed E-state index contributed by atoms with van der Waals surface area (Å²) in [5.41, 5.74) is 5.30. The van der Waals surface area contributed by atoms with Gasteiger partial charge in [-0.3, -0.25) is 4.79 Å². The van der Waals surface area contributed by atoms with Crippen molar-refractivity contribution in [3.63, 3.8) is 0 Å². The molecule has 1 aromatic carbocycles. The van der Waals surface area contributed by atoms with Gasteiger partial charge >= 0.3 is 6.61 Å². The number of benzene rings is 1. The molecule has 0 saturated carbocycles. The van der Waals surface area contributed by atoms with Gasteiger partial charge in [0.1, 0.15) is 5.75 Å². The summed E-state index contributed by atoms with van der Waals surface area (Å²) in [7, 11) is 0. The van der Waals surface area contributed by atoms with Crippen LogP contribution in [0.5, 0.6) is 5.75 Å². The first-order chi connectivity index (χ1) is 9.32. The number of carbonyl (C=O) groups is 1. The fourth-order valence-electron chi connectivity index (χ4n) is 1.45. The molecule has 0 spiro atoms. The summed E-state index contributed by atoms with van der Waals surface area (Å²) in [4.78, 5) is 12.1. The van der Waals surface area contributed by atoms with Crippen molar-refractivity contribution in [1.82, 2.24) is 0 Å². The van der Waals surface area contributed by atoms with Crippen LogP contribution in [0.3, 0.4) is 0 Å². The van der Waals surface area contributed by atoms with Gasteiger partial charge in [0.25, 0.3) is 0 Å². The number of amides is 1. The molecule has 0 aliphatic carbocycles. The van der Waals surface area contributed by atoms with E-state index in [1.807, 2.05) is 6.92 Å². The number of alkyl halides is 2. The SMILES string of the molecule is CCC(C)(CN)C(=O)Nc1ccc(OC(F)F)c(Cl)c1. The molecule has 0 radical (unpaired) electrons. The Labute approximate surface area is 121 Å². The standard InChI is InChI=1S/C13H17ClF2N2O2/c1-3-13(2,7-17)11(19)18-8-4-5-10(9(14)6-8)20-12(15)16/h4-6,12H,3,7,17H2,1-2H3,(H,18,19). The normalized spacial score (nSPS) is 13.9. The fraction of sp³-hybridized carbons (Fsp3) is 0.462. The van der Waals surface area contributed by atoms with Gasteiger partial charge in [0.2, 0.25) is 5.91 Å². The Balaban J connectivity index is 2.84. The Morgan fingerprint density at radius 3 is 2.65 bits per heavy atom. The first-order valence-corrected chi connectivity index (χ1v) is 6.46. The Morgan fingerprint density at radius 2 is 2.20 bits per heavy atom. The maximum Gasteiger partial charge on any atom is 0.387 e. The fourth-order valence-corrected chi connectivity index (χ4v) is 1.67. The molecule has 0 heterocycles. The van der Waals surface area contributed by atoms with Gasteiger partial charge in [-0.1, -0.05) is 18.5 Å². The van der Waals surface area contributed by atoms with E-state index in [0.29, 0.717) is 12.1 Å². The number of hydrogen-bond acceptors (Lipinski definition) is 3. The number of carbonyl (C=O) groups excluding carboxylic acids is 1. The molecule has 0 aliphatic rings. The average molecular weight is 307 g/mol. The predicted molar refractivity (Wildman–Crippen MR) is 74.2 cm³/mol. The van der Waals surface area contributed by atoms with E-state index in [1.165, 1.54) is 18.2 Å². The Morgan fingerprint density at radius 1 is 1.55 bits per heavy atom. The van der Waals surface area contributed by atoms with Crippen LogP contribution in [-0.2, 0) is 4.79 Å². The molecular formula is C13H17ClF2N2O2. The van der Waals surface area contributed by atoms with Crippen LogP contribution in [0.1, 0.15) is 20.3 Å². The summed E-state index contributed by atoms with van der Waals surface area (Å²) in [6.45, 7) is 0.862. The van der Waals surface area contributed by atoms with Gasteiger partial charge in [0.15, 0.2) is 0 Å². The highest BCUT2D eigenvalue weighted by Crippen LogP contribution is 2.30. The molecule has 3 N–H and O–H groups in total. The molecule has 1 atom stereocenters. The van der Waals surface area contributed by atoms with Crippen LogP contribution < -0.4 is 15.8 Å². The van der Waals surface area contributed by atoms with Crippen molar-refractivity contribution in [3.8, 4) is 5.75 Å². The Kier molecular flexibility index (Phi) is 5.71. The number of anilines is 1. The van der Waals surface area contributed by atoms with E-state index in [-0.39, 0.29) is 23.2 Å². The van der Waals surface area contributed by atoms with Crippen LogP contribution >= 0.6 is 11.6 Å². The van der Waals surface area contributed by atoms with Crippen molar-refractivity contribution in [2.24, 2.45) is 11.1 Å². The van der Waals surface area contributed by atoms with Crippen molar-refractivity contribution in [2.45, 2.75) is 26.9 Å². The van der Waals surface area contributed by atoms with Gasteiger partial charge in [-0.25, -0.2) is 0 Å². The van der Waals surface area contributed by atoms with Crippen LogP contribution in [0.15, 0.2) is 18.2 Å². The summed E-state index contributed by atoms with van der Waals surface area (Å²) in [6.07, 6.45) is 0.579. The molecule has 0 bridgehead atoms. The van der Waals surface area contributed by atoms with E-state index in [1.54, 1.807) is 6.92 Å². The monoisotopic (exact) mass is 306 g/mol. The zero-order chi connectivity index (χ0) is 15.3. The van der Waals surface area contributed by atoms with Crippen molar-refractivity contribution in [1.29, 1.82) is 0 Å². The maximum atomic E-state index is 12.1. The number of nitrogens with one attached hydrogen (secondary N) is 1. The van der Waals surface area contributed by atoms with Gasteiger partial charge < -0.3 is 15.8 Å². The van der Waals surface area contributed by atoms with E-state index >= 15 is 0 Å². The number of halogens is 3. The molecular weight excluding hydrogens is 290 g/mol. The third kappa shape index (κ3) is 4.05. The van der Waals surface area contributed by atoms with Gasteiger partial charge in [-0.15, -0.1) is 0 Å². The van der Waals surface area contributed by atoms with Gasteiger partial charge in [0.05, 0.1) is 10.4 Å². The van der Waals surface area contributed by atoms with E-state index in [2.05, 4.69) is 10.1 Å². The second-order valence-corrected chi connectivity index (χ2v) is 5.00. The number of hydrogen-bond donors (Lipinski definition) is 2. The molecule has 20 heavy (non-hydrogen) atoms. The van der Waals surface area contributed by atoms with E-state index in [9.17, 15) is 13.6 Å². The summed E-state index contributed by atoms with van der Waals surface area (Å²) in [6, 6.07) is 4.06. The highest BCUT2D eigenvalue weighted by atomic mass is 35.5. The summed E-state index contributed by atoms with van der Waals surface area (Å²) >= 11 is 5.80. The van der Waals surface area contributed by atoms with Crippen molar-refractivity contribution in [3.05, 3.63) is 23.2 Å². The average Bonchev–Trinajstić information content (AvgIpc) is 2.40. The van der Waals surface area contributed by atoms with Crippen LogP contribution in [-0.4, -0.2) is 19.1 Å². The molecule has 1 aromatic rings. The zero-order valence-electron chi connectivity index (χ0n) is 11.3. The molecule has 1 rings (SSSR count). The molecule has 4 nitrogen and oxygen atoms in total. The van der Waals surface area contributed by atoms with Gasteiger partial charge in [0, 0.05) is 12.2 Å². The van der Waals surface area contributed by atoms with Crippen LogP contribution in [0.2, 0.25) is 5.02 Å². The molecule has 0 aliphatic heterocycles. The molecule has 0 fully saturated rings. The smallest absolute Gasteiger partial charge is 0.387 e. The van der Waals surface area contributed by atoms with Crippen molar-refractivity contribution < 1.29 is 18.3 Å². The lowest BCUT2D eigenvalue weighted by Crippen LogP contribution is -2.39. The highest BCUT2D eigenvalue weighted by Gasteiger charge is 2.29.